The number of aliphatic carboxylic acids is 1. The van der Waals surface area contributed by atoms with Crippen LogP contribution in [-0.2, 0) is 14.6 Å². The molecule has 5 nitrogen and oxygen atoms in total. The molecule has 2 fully saturated rings. The molecule has 1 N–H and O–H groups in total. The molecule has 1 unspecified atom stereocenters. The summed E-state index contributed by atoms with van der Waals surface area (Å²) >= 11 is 0. The Labute approximate surface area is 89.0 Å². The van der Waals surface area contributed by atoms with Gasteiger partial charge in [0.15, 0.2) is 9.84 Å². The van der Waals surface area contributed by atoms with E-state index in [0.717, 1.165) is 12.8 Å². The maximum atomic E-state index is 11.4. The van der Waals surface area contributed by atoms with Crippen LogP contribution in [0.4, 0.5) is 0 Å². The largest absolute Gasteiger partial charge is 0.481 e. The Kier molecular flexibility index (Phi) is 2.72. The van der Waals surface area contributed by atoms with Gasteiger partial charge in [-0.05, 0) is 12.8 Å². The number of hydrogen-bond acceptors (Lipinski definition) is 4. The molecule has 1 aliphatic heterocycles. The van der Waals surface area contributed by atoms with Crippen molar-refractivity contribution in [2.75, 3.05) is 18.1 Å². The predicted octanol–water partition coefficient (Wildman–Crippen LogP) is -0.277. The van der Waals surface area contributed by atoms with Gasteiger partial charge >= 0.3 is 5.97 Å². The molecule has 1 atom stereocenters. The van der Waals surface area contributed by atoms with Crippen molar-refractivity contribution in [1.29, 1.82) is 0 Å². The molecule has 0 aromatic rings. The molecule has 0 radical (unpaired) electrons. The Bertz CT molecular complexity index is 360. The van der Waals surface area contributed by atoms with Crippen LogP contribution >= 0.6 is 0 Å². The second-order valence-electron chi connectivity index (χ2n) is 4.34. The molecule has 6 heteroatoms. The molecule has 1 heterocycles. The molecule has 2 aliphatic rings. The molecule has 86 valence electrons. The molecule has 0 amide bonds. The fraction of sp³-hybridized carbons (Fsp3) is 0.889. The van der Waals surface area contributed by atoms with Gasteiger partial charge in [0.05, 0.1) is 17.9 Å². The second kappa shape index (κ2) is 3.75. The fourth-order valence-electron chi connectivity index (χ4n) is 2.16. The van der Waals surface area contributed by atoms with Gasteiger partial charge in [0.25, 0.3) is 0 Å². The molecular weight excluding hydrogens is 218 g/mol. The van der Waals surface area contributed by atoms with Crippen molar-refractivity contribution in [1.82, 2.24) is 4.90 Å². The van der Waals surface area contributed by atoms with E-state index in [-0.39, 0.29) is 24.0 Å². The van der Waals surface area contributed by atoms with Gasteiger partial charge < -0.3 is 5.11 Å². The maximum absolute atomic E-state index is 11.4. The molecule has 1 saturated carbocycles. The van der Waals surface area contributed by atoms with Crippen molar-refractivity contribution in [3.63, 3.8) is 0 Å². The minimum Gasteiger partial charge on any atom is -0.481 e. The zero-order chi connectivity index (χ0) is 11.1. The van der Waals surface area contributed by atoms with Gasteiger partial charge in [0, 0.05) is 18.6 Å². The van der Waals surface area contributed by atoms with Gasteiger partial charge in [0.1, 0.15) is 0 Å². The van der Waals surface area contributed by atoms with Gasteiger partial charge in [-0.2, -0.15) is 0 Å². The quantitative estimate of drug-likeness (QED) is 0.726. The van der Waals surface area contributed by atoms with Gasteiger partial charge in [0.2, 0.25) is 0 Å². The van der Waals surface area contributed by atoms with Crippen molar-refractivity contribution < 1.29 is 18.3 Å². The summed E-state index contributed by atoms with van der Waals surface area (Å²) in [4.78, 5) is 12.7. The van der Waals surface area contributed by atoms with Crippen molar-refractivity contribution in [3.8, 4) is 0 Å². The summed E-state index contributed by atoms with van der Waals surface area (Å²) in [5.41, 5.74) is 0. The van der Waals surface area contributed by atoms with E-state index >= 15 is 0 Å². The van der Waals surface area contributed by atoms with E-state index in [0.29, 0.717) is 12.6 Å². The normalized spacial score (nSPS) is 31.3. The second-order valence-corrected chi connectivity index (χ2v) is 6.56. The van der Waals surface area contributed by atoms with Crippen LogP contribution in [0.1, 0.15) is 19.3 Å². The standard InChI is InChI=1S/C9H15NO4S/c11-9(12)5-8-6-15(13,14)4-3-10(8)7-1-2-7/h7-8H,1-6H2,(H,11,12). The Morgan fingerprint density at radius 1 is 1.40 bits per heavy atom. The average molecular weight is 233 g/mol. The van der Waals surface area contributed by atoms with E-state index < -0.39 is 15.8 Å². The van der Waals surface area contributed by atoms with E-state index in [1.807, 2.05) is 0 Å². The highest BCUT2D eigenvalue weighted by atomic mass is 32.2. The molecule has 1 aliphatic carbocycles. The number of carbonyl (C=O) groups is 1. The van der Waals surface area contributed by atoms with Crippen LogP contribution in [0.25, 0.3) is 0 Å². The highest BCUT2D eigenvalue weighted by Gasteiger charge is 2.40. The molecule has 0 spiro atoms. The lowest BCUT2D eigenvalue weighted by Gasteiger charge is -2.34. The number of rotatable bonds is 3. The number of sulfone groups is 1. The van der Waals surface area contributed by atoms with Crippen molar-refractivity contribution in [2.45, 2.75) is 31.3 Å². The summed E-state index contributed by atoms with van der Waals surface area (Å²) in [5.74, 6) is -0.724. The summed E-state index contributed by atoms with van der Waals surface area (Å²) in [6.45, 7) is 0.505. The topological polar surface area (TPSA) is 74.7 Å². The zero-order valence-corrected chi connectivity index (χ0v) is 9.24. The Morgan fingerprint density at radius 3 is 2.60 bits per heavy atom. The lowest BCUT2D eigenvalue weighted by atomic mass is 10.2. The molecule has 2 rings (SSSR count). The van der Waals surface area contributed by atoms with Gasteiger partial charge in [-0.15, -0.1) is 0 Å². The maximum Gasteiger partial charge on any atom is 0.304 e. The zero-order valence-electron chi connectivity index (χ0n) is 8.42. The smallest absolute Gasteiger partial charge is 0.304 e. The van der Waals surface area contributed by atoms with Crippen LogP contribution in [-0.4, -0.2) is 54.5 Å². The summed E-state index contributed by atoms with van der Waals surface area (Å²) in [5, 5.41) is 8.73. The van der Waals surface area contributed by atoms with Gasteiger partial charge in [-0.3, -0.25) is 9.69 Å². The number of nitrogens with zero attached hydrogens (tertiary/aromatic N) is 1. The third kappa shape index (κ3) is 2.69. The fourth-order valence-corrected chi connectivity index (χ4v) is 3.72. The minimum absolute atomic E-state index is 0.00972. The SMILES string of the molecule is O=C(O)CC1CS(=O)(=O)CCN1C1CC1. The Balaban J connectivity index is 2.08. The summed E-state index contributed by atoms with van der Waals surface area (Å²) in [6, 6.07) is 0.124. The Morgan fingerprint density at radius 2 is 2.07 bits per heavy atom. The molecule has 0 aromatic heterocycles. The lowest BCUT2D eigenvalue weighted by molar-refractivity contribution is -0.138. The first-order valence-corrected chi connectivity index (χ1v) is 6.98. The van der Waals surface area contributed by atoms with E-state index in [9.17, 15) is 13.2 Å². The number of carboxylic acid groups (broad SMARTS) is 1. The number of carboxylic acids is 1. The van der Waals surface area contributed by atoms with Crippen LogP contribution in [0.2, 0.25) is 0 Å². The van der Waals surface area contributed by atoms with Crippen LogP contribution in [0.3, 0.4) is 0 Å². The minimum atomic E-state index is -3.02. The summed E-state index contributed by atoms with van der Waals surface area (Å²) in [7, 11) is -3.02. The highest BCUT2D eigenvalue weighted by Crippen LogP contribution is 2.31. The molecule has 0 bridgehead atoms. The van der Waals surface area contributed by atoms with Gasteiger partial charge in [-0.25, -0.2) is 8.42 Å². The van der Waals surface area contributed by atoms with Crippen molar-refractivity contribution in [3.05, 3.63) is 0 Å². The Hall–Kier alpha value is -0.620. The monoisotopic (exact) mass is 233 g/mol. The van der Waals surface area contributed by atoms with Crippen LogP contribution in [0.15, 0.2) is 0 Å². The van der Waals surface area contributed by atoms with Crippen molar-refractivity contribution >= 4 is 15.8 Å². The van der Waals surface area contributed by atoms with E-state index in [4.69, 9.17) is 5.11 Å². The summed E-state index contributed by atoms with van der Waals surface area (Å²) < 4.78 is 22.8. The van der Waals surface area contributed by atoms with E-state index in [1.165, 1.54) is 0 Å². The van der Waals surface area contributed by atoms with Crippen LogP contribution in [0, 0.1) is 0 Å². The number of hydrogen-bond donors (Lipinski definition) is 1. The third-order valence-corrected chi connectivity index (χ3v) is 4.70. The summed E-state index contributed by atoms with van der Waals surface area (Å²) in [6.07, 6.45) is 2.10. The molecule has 1 saturated heterocycles. The first-order chi connectivity index (χ1) is 6.98. The molecule has 15 heavy (non-hydrogen) atoms. The van der Waals surface area contributed by atoms with Crippen LogP contribution < -0.4 is 0 Å². The third-order valence-electron chi connectivity index (χ3n) is 3.00. The molecular formula is C9H15NO4S. The van der Waals surface area contributed by atoms with Crippen LogP contribution in [0.5, 0.6) is 0 Å². The van der Waals surface area contributed by atoms with Crippen molar-refractivity contribution in [2.24, 2.45) is 0 Å². The van der Waals surface area contributed by atoms with E-state index in [2.05, 4.69) is 4.90 Å². The first-order valence-electron chi connectivity index (χ1n) is 5.16. The lowest BCUT2D eigenvalue weighted by Crippen LogP contribution is -2.50. The highest BCUT2D eigenvalue weighted by molar-refractivity contribution is 7.91. The van der Waals surface area contributed by atoms with Gasteiger partial charge in [-0.1, -0.05) is 0 Å². The van der Waals surface area contributed by atoms with E-state index in [1.54, 1.807) is 0 Å². The predicted molar refractivity (Wildman–Crippen MR) is 54.4 cm³/mol. The molecule has 0 aromatic carbocycles. The average Bonchev–Trinajstić information content (AvgIpc) is 2.84. The first kappa shape index (κ1) is 10.9.